The number of hydrogen-bond donors (Lipinski definition) is 1. The molecule has 0 aliphatic carbocycles. The van der Waals surface area contributed by atoms with Gasteiger partial charge in [0.1, 0.15) is 11.6 Å². The molecule has 2 aliphatic heterocycles. The highest BCUT2D eigenvalue weighted by Gasteiger charge is 2.32. The van der Waals surface area contributed by atoms with E-state index < -0.39 is 22.8 Å². The van der Waals surface area contributed by atoms with Gasteiger partial charge in [0.2, 0.25) is 0 Å². The summed E-state index contributed by atoms with van der Waals surface area (Å²) < 4.78 is 38.9. The Morgan fingerprint density at radius 2 is 2.09 bits per heavy atom. The van der Waals surface area contributed by atoms with Crippen LogP contribution in [0, 0.1) is 18.2 Å². The van der Waals surface area contributed by atoms with Crippen LogP contribution < -0.4 is 4.90 Å². The van der Waals surface area contributed by atoms with E-state index >= 15 is 0 Å². The van der Waals surface area contributed by atoms with Crippen molar-refractivity contribution in [1.29, 1.82) is 5.41 Å². The van der Waals surface area contributed by atoms with Gasteiger partial charge in [-0.15, -0.1) is 0 Å². The third-order valence-electron chi connectivity index (χ3n) is 6.45. The average molecular weight is 484 g/mol. The summed E-state index contributed by atoms with van der Waals surface area (Å²) in [5, 5.41) is 12.6. The minimum absolute atomic E-state index is 0.131. The highest BCUT2D eigenvalue weighted by molar-refractivity contribution is 7.79. The van der Waals surface area contributed by atoms with Crippen LogP contribution in [0.15, 0.2) is 35.4 Å². The second-order valence-electron chi connectivity index (χ2n) is 8.78. The number of aromatic nitrogens is 3. The van der Waals surface area contributed by atoms with Crippen LogP contribution in [0.3, 0.4) is 0 Å². The van der Waals surface area contributed by atoms with E-state index in [2.05, 4.69) is 10.00 Å². The van der Waals surface area contributed by atoms with E-state index in [0.717, 1.165) is 55.4 Å². The number of nitrogens with zero attached hydrogens (tertiary/aromatic N) is 5. The lowest BCUT2D eigenvalue weighted by molar-refractivity contribution is 0.0600. The number of fused-ring (bicyclic) bond motifs is 1. The quantitative estimate of drug-likeness (QED) is 0.570. The SMILES string of the molecule is Cc1cn2nc([C@@H]3CCCCN3C(=O)c3cc(S(=O)[O-])ccc3F)cc2nc1N1CCC(=N)C1. The Labute approximate surface area is 198 Å². The van der Waals surface area contributed by atoms with Gasteiger partial charge in [-0.1, -0.05) is 0 Å². The summed E-state index contributed by atoms with van der Waals surface area (Å²) in [5.41, 5.74) is 2.67. The van der Waals surface area contributed by atoms with Gasteiger partial charge in [0.25, 0.3) is 5.91 Å². The third-order valence-corrected chi connectivity index (χ3v) is 7.09. The maximum Gasteiger partial charge on any atom is 0.257 e. The molecule has 9 nitrogen and oxygen atoms in total. The minimum atomic E-state index is -2.56. The topological polar surface area (TPSA) is 118 Å². The van der Waals surface area contributed by atoms with E-state index in [0.29, 0.717) is 36.6 Å². The summed E-state index contributed by atoms with van der Waals surface area (Å²) in [4.78, 5) is 21.6. The molecule has 178 valence electrons. The number of carbonyl (C=O) groups excluding carboxylic acids is 1. The van der Waals surface area contributed by atoms with Crippen LogP contribution in [0.1, 0.15) is 53.3 Å². The van der Waals surface area contributed by atoms with Crippen molar-refractivity contribution in [1.82, 2.24) is 19.5 Å². The van der Waals surface area contributed by atoms with Crippen LogP contribution in [-0.4, -0.2) is 59.5 Å². The molecular weight excluding hydrogens is 459 g/mol. The molecule has 3 aromatic rings. The summed E-state index contributed by atoms with van der Waals surface area (Å²) in [6.07, 6.45) is 4.95. The zero-order chi connectivity index (χ0) is 24.0. The number of amides is 1. The summed E-state index contributed by atoms with van der Waals surface area (Å²) in [5.74, 6) is -0.481. The van der Waals surface area contributed by atoms with Crippen molar-refractivity contribution in [2.75, 3.05) is 24.5 Å². The fraction of sp³-hybridized carbons (Fsp3) is 0.391. The molecule has 0 radical (unpaired) electrons. The van der Waals surface area contributed by atoms with E-state index in [1.807, 2.05) is 19.2 Å². The van der Waals surface area contributed by atoms with Crippen LogP contribution in [0.25, 0.3) is 5.65 Å². The van der Waals surface area contributed by atoms with Crippen molar-refractivity contribution >= 4 is 34.2 Å². The summed E-state index contributed by atoms with van der Waals surface area (Å²) in [6, 6.07) is 4.71. The largest absolute Gasteiger partial charge is 0.768 e. The number of carbonyl (C=O) groups is 1. The third kappa shape index (κ3) is 4.09. The van der Waals surface area contributed by atoms with E-state index in [1.54, 1.807) is 9.42 Å². The molecule has 34 heavy (non-hydrogen) atoms. The zero-order valence-corrected chi connectivity index (χ0v) is 19.5. The second-order valence-corrected chi connectivity index (χ2v) is 9.72. The molecule has 0 saturated carbocycles. The molecule has 1 amide bonds. The molecule has 2 saturated heterocycles. The van der Waals surface area contributed by atoms with E-state index in [1.165, 1.54) is 0 Å². The van der Waals surface area contributed by atoms with Crippen molar-refractivity contribution in [3.8, 4) is 0 Å². The standard InChI is InChI=1S/C23H25FN6O3S/c1-14-12-30-21(26-22(14)28-9-7-15(25)13-28)11-19(27-30)20-4-2-3-8-29(20)23(31)17-10-16(34(32)33)5-6-18(17)24/h5-6,10-12,20,25H,2-4,7-9,13H2,1H3,(H,32,33)/p-1/t20-/m0/s1. The number of likely N-dealkylation sites (tertiary alicyclic amines) is 1. The Morgan fingerprint density at radius 3 is 2.82 bits per heavy atom. The molecule has 5 rings (SSSR count). The first kappa shape index (κ1) is 22.6. The number of aryl methyl sites for hydroxylation is 1. The summed E-state index contributed by atoms with van der Waals surface area (Å²) in [7, 11) is 0. The molecule has 2 aromatic heterocycles. The van der Waals surface area contributed by atoms with Gasteiger partial charge >= 0.3 is 0 Å². The lowest BCUT2D eigenvalue weighted by Gasteiger charge is -2.35. The normalized spacial score (nSPS) is 19.7. The molecule has 4 heterocycles. The van der Waals surface area contributed by atoms with Crippen molar-refractivity contribution < 1.29 is 17.9 Å². The molecule has 2 atom stereocenters. The Kier molecular flexibility index (Phi) is 5.90. The lowest BCUT2D eigenvalue weighted by Crippen LogP contribution is -2.39. The monoisotopic (exact) mass is 483 g/mol. The van der Waals surface area contributed by atoms with E-state index in [-0.39, 0.29) is 16.5 Å². The molecule has 1 unspecified atom stereocenters. The van der Waals surface area contributed by atoms with Gasteiger partial charge in [0.15, 0.2) is 5.65 Å². The van der Waals surface area contributed by atoms with Gasteiger partial charge in [-0.3, -0.25) is 9.00 Å². The van der Waals surface area contributed by atoms with Crippen molar-refractivity contribution in [3.63, 3.8) is 0 Å². The van der Waals surface area contributed by atoms with Gasteiger partial charge in [-0.2, -0.15) is 5.10 Å². The van der Waals surface area contributed by atoms with Crippen molar-refractivity contribution in [2.24, 2.45) is 0 Å². The smallest absolute Gasteiger partial charge is 0.257 e. The van der Waals surface area contributed by atoms with Crippen molar-refractivity contribution in [3.05, 3.63) is 53.1 Å². The van der Waals surface area contributed by atoms with Crippen LogP contribution in [0.4, 0.5) is 10.2 Å². The predicted octanol–water partition coefficient (Wildman–Crippen LogP) is 3.01. The number of hydrogen-bond acceptors (Lipinski definition) is 7. The molecule has 2 aliphatic rings. The van der Waals surface area contributed by atoms with E-state index in [4.69, 9.17) is 10.4 Å². The fourth-order valence-electron chi connectivity index (χ4n) is 4.75. The Balaban J connectivity index is 1.49. The maximum atomic E-state index is 14.5. The zero-order valence-electron chi connectivity index (χ0n) is 18.7. The first-order valence-corrected chi connectivity index (χ1v) is 12.3. The highest BCUT2D eigenvalue weighted by atomic mass is 32.2. The molecule has 1 aromatic carbocycles. The van der Waals surface area contributed by atoms with Crippen LogP contribution in [-0.2, 0) is 11.1 Å². The first-order valence-electron chi connectivity index (χ1n) is 11.2. The van der Waals surface area contributed by atoms with Gasteiger partial charge in [0, 0.05) is 47.9 Å². The summed E-state index contributed by atoms with van der Waals surface area (Å²) >= 11 is -2.56. The highest BCUT2D eigenvalue weighted by Crippen LogP contribution is 2.33. The Morgan fingerprint density at radius 1 is 1.26 bits per heavy atom. The second kappa shape index (κ2) is 8.88. The maximum absolute atomic E-state index is 14.5. The number of piperidine rings is 1. The molecule has 11 heteroatoms. The average Bonchev–Trinajstić information content (AvgIpc) is 3.43. The number of anilines is 1. The molecule has 2 fully saturated rings. The van der Waals surface area contributed by atoms with Gasteiger partial charge in [-0.05, 0) is 55.5 Å². The predicted molar refractivity (Wildman–Crippen MR) is 123 cm³/mol. The van der Waals surface area contributed by atoms with E-state index in [9.17, 15) is 17.9 Å². The number of benzene rings is 1. The molecular formula is C23H24FN6O3S-. The van der Waals surface area contributed by atoms with Gasteiger partial charge < -0.3 is 19.8 Å². The lowest BCUT2D eigenvalue weighted by atomic mass is 9.98. The van der Waals surface area contributed by atoms with Crippen LogP contribution in [0.5, 0.6) is 0 Å². The fourth-order valence-corrected chi connectivity index (χ4v) is 5.14. The summed E-state index contributed by atoms with van der Waals surface area (Å²) in [6.45, 7) is 3.70. The number of halogens is 1. The van der Waals surface area contributed by atoms with Gasteiger partial charge in [0.05, 0.1) is 23.8 Å². The number of nitrogens with one attached hydrogen (secondary N) is 1. The Bertz CT molecular complexity index is 1330. The Hall–Kier alpha value is -3.18. The van der Waals surface area contributed by atoms with Crippen molar-refractivity contribution in [2.45, 2.75) is 43.5 Å². The van der Waals surface area contributed by atoms with Crippen LogP contribution in [0.2, 0.25) is 0 Å². The first-order chi connectivity index (χ1) is 16.3. The minimum Gasteiger partial charge on any atom is -0.768 e. The molecule has 1 N–H and O–H groups in total. The van der Waals surface area contributed by atoms with Gasteiger partial charge in [-0.25, -0.2) is 13.9 Å². The molecule has 0 spiro atoms. The number of rotatable bonds is 4. The molecule has 0 bridgehead atoms. The van der Waals surface area contributed by atoms with Crippen LogP contribution >= 0.6 is 0 Å².